The third kappa shape index (κ3) is 5.87. The van der Waals surface area contributed by atoms with Crippen molar-refractivity contribution in [3.8, 4) is 5.75 Å². The monoisotopic (exact) mass is 305 g/mol. The number of carbonyl (C=O) groups excluding carboxylic acids is 2. The smallest absolute Gasteiger partial charge is 0.256 e. The molecule has 0 unspecified atom stereocenters. The van der Waals surface area contributed by atoms with Gasteiger partial charge in [-0.05, 0) is 44.4 Å². The van der Waals surface area contributed by atoms with Gasteiger partial charge in [0, 0.05) is 11.1 Å². The number of hydrogen-bond donors (Lipinski definition) is 1. The summed E-state index contributed by atoms with van der Waals surface area (Å²) >= 11 is 1.32. The molecule has 5 heteroatoms. The highest BCUT2D eigenvalue weighted by Crippen LogP contribution is 2.19. The van der Waals surface area contributed by atoms with E-state index in [1.54, 1.807) is 12.1 Å². The zero-order valence-electron chi connectivity index (χ0n) is 12.4. The minimum Gasteiger partial charge on any atom is -0.491 e. The van der Waals surface area contributed by atoms with E-state index in [1.165, 1.54) is 17.8 Å². The van der Waals surface area contributed by atoms with Crippen LogP contribution in [-0.2, 0) is 0 Å². The maximum Gasteiger partial charge on any atom is 0.256 e. The van der Waals surface area contributed by atoms with Gasteiger partial charge < -0.3 is 10.1 Å². The first-order chi connectivity index (χ1) is 9.96. The molecule has 0 fully saturated rings. The molecule has 112 valence electrons. The molecule has 0 radical (unpaired) electrons. The highest BCUT2D eigenvalue weighted by molar-refractivity contribution is 8.05. The molecule has 0 aromatic heterocycles. The number of carbonyl (C=O) groups is 2. The molecule has 1 aromatic rings. The first kappa shape index (κ1) is 17.0. The normalized spacial score (nSPS) is 10.7. The van der Waals surface area contributed by atoms with Crippen LogP contribution in [0.1, 0.15) is 41.5 Å². The Morgan fingerprint density at radius 1 is 1.38 bits per heavy atom. The molecule has 0 heterocycles. The Labute approximate surface area is 129 Å². The molecule has 0 aliphatic rings. The molecule has 1 rings (SSSR count). The minimum atomic E-state index is -0.325. The second-order valence-corrected chi connectivity index (χ2v) is 5.54. The van der Waals surface area contributed by atoms with Gasteiger partial charge in [0.15, 0.2) is 0 Å². The maximum absolute atomic E-state index is 12.1. The molecule has 1 amide bonds. The summed E-state index contributed by atoms with van der Waals surface area (Å²) in [5, 5.41) is 5.00. The van der Waals surface area contributed by atoms with E-state index >= 15 is 0 Å². The average Bonchev–Trinajstić information content (AvgIpc) is 2.43. The zero-order valence-corrected chi connectivity index (χ0v) is 13.2. The number of ether oxygens (including phenoxy) is 1. The van der Waals surface area contributed by atoms with Gasteiger partial charge in [0.2, 0.25) is 0 Å². The van der Waals surface area contributed by atoms with Crippen molar-refractivity contribution in [1.82, 2.24) is 5.32 Å². The molecule has 0 aliphatic heterocycles. The van der Waals surface area contributed by atoms with Crippen molar-refractivity contribution >= 4 is 24.0 Å². The Morgan fingerprint density at radius 2 is 2.10 bits per heavy atom. The lowest BCUT2D eigenvalue weighted by molar-refractivity contribution is 0.0968. The molecular formula is C16H19NO3S. The zero-order chi connectivity index (χ0) is 15.8. The van der Waals surface area contributed by atoms with Crippen LogP contribution in [0, 0.1) is 0 Å². The predicted molar refractivity (Wildman–Crippen MR) is 86.6 cm³/mol. The van der Waals surface area contributed by atoms with Crippen molar-refractivity contribution in [2.45, 2.75) is 26.9 Å². The Morgan fingerprint density at radius 3 is 2.67 bits per heavy atom. The molecule has 0 aliphatic carbocycles. The number of benzene rings is 1. The maximum atomic E-state index is 12.1. The summed E-state index contributed by atoms with van der Waals surface area (Å²) in [5.41, 5.74) is 0.752. The lowest BCUT2D eigenvalue weighted by atomic mass is 10.1. The van der Waals surface area contributed by atoms with E-state index in [0.717, 1.165) is 0 Å². The molecule has 0 bridgehead atoms. The fourth-order valence-electron chi connectivity index (χ4n) is 1.54. The highest BCUT2D eigenvalue weighted by atomic mass is 32.2. The summed E-state index contributed by atoms with van der Waals surface area (Å²) in [6.07, 6.45) is 2.50. The van der Waals surface area contributed by atoms with E-state index in [1.807, 2.05) is 32.3 Å². The largest absolute Gasteiger partial charge is 0.491 e. The lowest BCUT2D eigenvalue weighted by Gasteiger charge is -2.12. The summed E-state index contributed by atoms with van der Waals surface area (Å²) in [7, 11) is 0. The average molecular weight is 305 g/mol. The third-order valence-corrected chi connectivity index (χ3v) is 3.09. The number of amides is 1. The van der Waals surface area contributed by atoms with Crippen LogP contribution in [0.4, 0.5) is 0 Å². The molecule has 0 saturated heterocycles. The van der Waals surface area contributed by atoms with Crippen LogP contribution in [-0.4, -0.2) is 18.3 Å². The van der Waals surface area contributed by atoms with E-state index in [4.69, 9.17) is 4.74 Å². The number of nitrogens with one attached hydrogen (secondary N) is 1. The van der Waals surface area contributed by atoms with Crippen molar-refractivity contribution in [2.24, 2.45) is 0 Å². The topological polar surface area (TPSA) is 55.4 Å². The van der Waals surface area contributed by atoms with Crippen LogP contribution in [0.15, 0.2) is 41.3 Å². The summed E-state index contributed by atoms with van der Waals surface area (Å²) in [4.78, 5) is 23.1. The van der Waals surface area contributed by atoms with Crippen LogP contribution in [0.5, 0.6) is 5.75 Å². The Kier molecular flexibility index (Phi) is 6.75. The van der Waals surface area contributed by atoms with Crippen molar-refractivity contribution < 1.29 is 14.3 Å². The van der Waals surface area contributed by atoms with Gasteiger partial charge in [0.05, 0.1) is 11.1 Å². The predicted octanol–water partition coefficient (Wildman–Crippen LogP) is 3.75. The minimum absolute atomic E-state index is 0.0389. The summed E-state index contributed by atoms with van der Waals surface area (Å²) in [5.74, 6) is 0.167. The van der Waals surface area contributed by atoms with Gasteiger partial charge >= 0.3 is 0 Å². The molecule has 0 saturated carbocycles. The standard InChI is InChI=1S/C16H19NO3S/c1-5-6-21-12(4)17-16(19)14-7-13(10-18)8-15(9-14)20-11(2)3/h5-11H,4H2,1-3H3,(H,17,19)/b6-5-. The van der Waals surface area contributed by atoms with Gasteiger partial charge in [-0.1, -0.05) is 24.4 Å². The van der Waals surface area contributed by atoms with Gasteiger partial charge in [-0.25, -0.2) is 0 Å². The van der Waals surface area contributed by atoms with Gasteiger partial charge in [-0.15, -0.1) is 0 Å². The summed E-state index contributed by atoms with van der Waals surface area (Å²) in [6.45, 7) is 9.39. The van der Waals surface area contributed by atoms with Gasteiger partial charge in [-0.3, -0.25) is 9.59 Å². The molecule has 4 nitrogen and oxygen atoms in total. The molecular weight excluding hydrogens is 286 g/mol. The van der Waals surface area contributed by atoms with Gasteiger partial charge in [0.1, 0.15) is 12.0 Å². The van der Waals surface area contributed by atoms with Crippen molar-refractivity contribution in [3.63, 3.8) is 0 Å². The fourth-order valence-corrected chi connectivity index (χ4v) is 1.99. The molecule has 1 aromatic carbocycles. The molecule has 1 N–H and O–H groups in total. The van der Waals surface area contributed by atoms with E-state index in [-0.39, 0.29) is 12.0 Å². The second kappa shape index (κ2) is 8.32. The summed E-state index contributed by atoms with van der Waals surface area (Å²) < 4.78 is 5.54. The number of allylic oxidation sites excluding steroid dienone is 1. The molecule has 0 atom stereocenters. The van der Waals surface area contributed by atoms with Crippen LogP contribution in [0.2, 0.25) is 0 Å². The fraction of sp³-hybridized carbons (Fsp3) is 0.250. The van der Waals surface area contributed by atoms with E-state index in [9.17, 15) is 9.59 Å². The number of rotatable bonds is 7. The van der Waals surface area contributed by atoms with Gasteiger partial charge in [0.25, 0.3) is 5.91 Å². The van der Waals surface area contributed by atoms with Crippen molar-refractivity contribution in [2.75, 3.05) is 0 Å². The van der Waals surface area contributed by atoms with Crippen molar-refractivity contribution in [3.05, 3.63) is 52.4 Å². The summed E-state index contributed by atoms with van der Waals surface area (Å²) in [6, 6.07) is 4.73. The Balaban J connectivity index is 2.92. The number of thioether (sulfide) groups is 1. The first-order valence-corrected chi connectivity index (χ1v) is 7.39. The van der Waals surface area contributed by atoms with E-state index < -0.39 is 0 Å². The van der Waals surface area contributed by atoms with Crippen LogP contribution in [0.3, 0.4) is 0 Å². The third-order valence-electron chi connectivity index (χ3n) is 2.30. The second-order valence-electron chi connectivity index (χ2n) is 4.54. The van der Waals surface area contributed by atoms with Crippen LogP contribution >= 0.6 is 11.8 Å². The lowest BCUT2D eigenvalue weighted by Crippen LogP contribution is -2.21. The quantitative estimate of drug-likeness (QED) is 0.779. The van der Waals surface area contributed by atoms with Gasteiger partial charge in [-0.2, -0.15) is 0 Å². The van der Waals surface area contributed by atoms with E-state index in [0.29, 0.717) is 28.2 Å². The van der Waals surface area contributed by atoms with Crippen LogP contribution in [0.25, 0.3) is 0 Å². The van der Waals surface area contributed by atoms with Crippen molar-refractivity contribution in [1.29, 1.82) is 0 Å². The molecule has 0 spiro atoms. The first-order valence-electron chi connectivity index (χ1n) is 6.51. The van der Waals surface area contributed by atoms with Crippen LogP contribution < -0.4 is 10.1 Å². The van der Waals surface area contributed by atoms with E-state index in [2.05, 4.69) is 11.9 Å². The number of hydrogen-bond acceptors (Lipinski definition) is 4. The Bertz CT molecular complexity index is 565. The Hall–Kier alpha value is -2.01. The highest BCUT2D eigenvalue weighted by Gasteiger charge is 2.11. The SMILES string of the molecule is C=C(NC(=O)c1cc(C=O)cc(OC(C)C)c1)S/C=C\C. The molecule has 21 heavy (non-hydrogen) atoms. The number of aldehydes is 1.